The molecule has 0 aliphatic carbocycles. The van der Waals surface area contributed by atoms with E-state index in [2.05, 4.69) is 25.7 Å². The second-order valence-corrected chi connectivity index (χ2v) is 5.01. The van der Waals surface area contributed by atoms with Crippen LogP contribution < -0.4 is 5.32 Å². The quantitative estimate of drug-likeness (QED) is 0.752. The maximum Gasteiger partial charge on any atom is 0.326 e. The minimum atomic E-state index is -1.03. The van der Waals surface area contributed by atoms with Gasteiger partial charge in [0.2, 0.25) is 0 Å². The Morgan fingerprint density at radius 1 is 1.30 bits per heavy atom. The Morgan fingerprint density at radius 2 is 1.90 bits per heavy atom. The number of allylic oxidation sites excluding steroid dienone is 1. The average molecular weight is 275 g/mol. The van der Waals surface area contributed by atoms with Gasteiger partial charge in [0, 0.05) is 5.56 Å². The van der Waals surface area contributed by atoms with Crippen LogP contribution in [-0.4, -0.2) is 23.0 Å². The molecule has 1 unspecified atom stereocenters. The number of carbonyl (C=O) groups excluding carboxylic acids is 1. The van der Waals surface area contributed by atoms with Gasteiger partial charge in [-0.3, -0.25) is 4.79 Å². The lowest BCUT2D eigenvalue weighted by Gasteiger charge is -2.14. The molecular weight excluding hydrogens is 254 g/mol. The highest BCUT2D eigenvalue weighted by atomic mass is 16.4. The van der Waals surface area contributed by atoms with Crippen molar-refractivity contribution in [1.82, 2.24) is 5.32 Å². The van der Waals surface area contributed by atoms with Gasteiger partial charge in [0.05, 0.1) is 0 Å². The monoisotopic (exact) mass is 275 g/mol. The fraction of sp³-hybridized carbons (Fsp3) is 0.375. The van der Waals surface area contributed by atoms with Gasteiger partial charge in [0.1, 0.15) is 6.04 Å². The number of amides is 1. The van der Waals surface area contributed by atoms with Crippen molar-refractivity contribution in [3.05, 3.63) is 48.0 Å². The minimum absolute atomic E-state index is 0.342. The van der Waals surface area contributed by atoms with Gasteiger partial charge in [-0.15, -0.1) is 6.58 Å². The molecule has 0 heterocycles. The predicted molar refractivity (Wildman–Crippen MR) is 78.9 cm³/mol. The molecule has 0 saturated carbocycles. The summed E-state index contributed by atoms with van der Waals surface area (Å²) >= 11 is 0. The van der Waals surface area contributed by atoms with Gasteiger partial charge in [-0.2, -0.15) is 0 Å². The van der Waals surface area contributed by atoms with Gasteiger partial charge < -0.3 is 10.4 Å². The van der Waals surface area contributed by atoms with Gasteiger partial charge in [0.15, 0.2) is 0 Å². The number of nitrogens with one attached hydrogen (secondary N) is 1. The van der Waals surface area contributed by atoms with Gasteiger partial charge in [0.25, 0.3) is 5.91 Å². The van der Waals surface area contributed by atoms with E-state index >= 15 is 0 Å². The van der Waals surface area contributed by atoms with Crippen molar-refractivity contribution < 1.29 is 14.7 Å². The van der Waals surface area contributed by atoms with Gasteiger partial charge in [-0.25, -0.2) is 4.79 Å². The highest BCUT2D eigenvalue weighted by molar-refractivity contribution is 5.96. The standard InChI is InChI=1S/C16H21NO3/c1-4-5-6-14(16(19)20)17-15(18)13-9-7-12(8-10-13)11(2)3/h4,7-11,14H,1,5-6H2,2-3H3,(H,17,18)(H,19,20). The Hall–Kier alpha value is -2.10. The first kappa shape index (κ1) is 16.0. The zero-order chi connectivity index (χ0) is 15.1. The molecule has 1 rings (SSSR count). The largest absolute Gasteiger partial charge is 0.480 e. The summed E-state index contributed by atoms with van der Waals surface area (Å²) in [5.74, 6) is -0.998. The first-order valence-corrected chi connectivity index (χ1v) is 6.70. The molecule has 0 fully saturated rings. The summed E-state index contributed by atoms with van der Waals surface area (Å²) in [6.45, 7) is 7.70. The highest BCUT2D eigenvalue weighted by Crippen LogP contribution is 2.14. The maximum atomic E-state index is 12.0. The lowest BCUT2D eigenvalue weighted by Crippen LogP contribution is -2.40. The third kappa shape index (κ3) is 4.53. The number of hydrogen-bond donors (Lipinski definition) is 2. The van der Waals surface area contributed by atoms with Gasteiger partial charge in [-0.1, -0.05) is 32.1 Å². The summed E-state index contributed by atoms with van der Waals surface area (Å²) in [6.07, 6.45) is 2.53. The SMILES string of the molecule is C=CCCC(NC(=O)c1ccc(C(C)C)cc1)C(=O)O. The van der Waals surface area contributed by atoms with Crippen molar-refractivity contribution in [1.29, 1.82) is 0 Å². The number of hydrogen-bond acceptors (Lipinski definition) is 2. The van der Waals surface area contributed by atoms with Crippen LogP contribution in [0.2, 0.25) is 0 Å². The minimum Gasteiger partial charge on any atom is -0.480 e. The molecule has 0 spiro atoms. The normalized spacial score (nSPS) is 11.9. The zero-order valence-corrected chi connectivity index (χ0v) is 11.9. The second-order valence-electron chi connectivity index (χ2n) is 5.01. The Balaban J connectivity index is 2.73. The summed E-state index contributed by atoms with van der Waals surface area (Å²) in [4.78, 5) is 23.1. The molecule has 0 bridgehead atoms. The fourth-order valence-electron chi connectivity index (χ4n) is 1.80. The molecule has 0 radical (unpaired) electrons. The summed E-state index contributed by atoms with van der Waals surface area (Å²) in [5.41, 5.74) is 1.61. The summed E-state index contributed by atoms with van der Waals surface area (Å²) in [6, 6.07) is 6.33. The van der Waals surface area contributed by atoms with Crippen LogP contribution in [0, 0.1) is 0 Å². The molecule has 1 aromatic carbocycles. The van der Waals surface area contributed by atoms with E-state index in [1.807, 2.05) is 12.1 Å². The molecule has 1 atom stereocenters. The van der Waals surface area contributed by atoms with Crippen LogP contribution in [0.4, 0.5) is 0 Å². The molecule has 4 nitrogen and oxygen atoms in total. The van der Waals surface area contributed by atoms with E-state index in [1.165, 1.54) is 0 Å². The maximum absolute atomic E-state index is 12.0. The lowest BCUT2D eigenvalue weighted by atomic mass is 10.0. The van der Waals surface area contributed by atoms with Crippen LogP contribution in [-0.2, 0) is 4.79 Å². The molecule has 20 heavy (non-hydrogen) atoms. The van der Waals surface area contributed by atoms with E-state index in [-0.39, 0.29) is 5.91 Å². The van der Waals surface area contributed by atoms with Gasteiger partial charge in [-0.05, 0) is 36.5 Å². The zero-order valence-electron chi connectivity index (χ0n) is 11.9. The molecule has 1 aromatic rings. The molecule has 4 heteroatoms. The number of carboxylic acid groups (broad SMARTS) is 1. The molecule has 108 valence electrons. The van der Waals surface area contributed by atoms with Crippen molar-refractivity contribution in [2.45, 2.75) is 38.6 Å². The average Bonchev–Trinajstić information content (AvgIpc) is 2.42. The molecule has 1 amide bonds. The van der Waals surface area contributed by atoms with Crippen molar-refractivity contribution in [3.8, 4) is 0 Å². The van der Waals surface area contributed by atoms with E-state index in [4.69, 9.17) is 5.11 Å². The predicted octanol–water partition coefficient (Wildman–Crippen LogP) is 2.96. The number of carbonyl (C=O) groups is 2. The molecule has 0 aromatic heterocycles. The smallest absolute Gasteiger partial charge is 0.326 e. The van der Waals surface area contributed by atoms with E-state index in [9.17, 15) is 9.59 Å². The number of carboxylic acids is 1. The highest BCUT2D eigenvalue weighted by Gasteiger charge is 2.19. The first-order valence-electron chi connectivity index (χ1n) is 6.70. The fourth-order valence-corrected chi connectivity index (χ4v) is 1.80. The second kappa shape index (κ2) is 7.48. The van der Waals surface area contributed by atoms with Crippen LogP contribution >= 0.6 is 0 Å². The van der Waals surface area contributed by atoms with Crippen LogP contribution in [0.5, 0.6) is 0 Å². The van der Waals surface area contributed by atoms with Crippen LogP contribution in [0.1, 0.15) is 48.5 Å². The van der Waals surface area contributed by atoms with Crippen molar-refractivity contribution >= 4 is 11.9 Å². The van der Waals surface area contributed by atoms with Crippen LogP contribution in [0.15, 0.2) is 36.9 Å². The lowest BCUT2D eigenvalue weighted by molar-refractivity contribution is -0.139. The Labute approximate surface area is 119 Å². The van der Waals surface area contributed by atoms with Gasteiger partial charge >= 0.3 is 5.97 Å². The molecule has 0 aliphatic rings. The van der Waals surface area contributed by atoms with Crippen LogP contribution in [0.25, 0.3) is 0 Å². The van der Waals surface area contributed by atoms with E-state index in [0.717, 1.165) is 5.56 Å². The molecule has 2 N–H and O–H groups in total. The van der Waals surface area contributed by atoms with Crippen molar-refractivity contribution in [2.24, 2.45) is 0 Å². The Morgan fingerprint density at radius 3 is 2.35 bits per heavy atom. The Bertz CT molecular complexity index is 477. The van der Waals surface area contributed by atoms with E-state index in [0.29, 0.717) is 24.3 Å². The van der Waals surface area contributed by atoms with E-state index in [1.54, 1.807) is 18.2 Å². The number of rotatable bonds is 7. The van der Waals surface area contributed by atoms with Crippen molar-refractivity contribution in [3.63, 3.8) is 0 Å². The first-order chi connectivity index (χ1) is 9.45. The number of aliphatic carboxylic acids is 1. The van der Waals surface area contributed by atoms with Crippen LogP contribution in [0.3, 0.4) is 0 Å². The molecule has 0 saturated heterocycles. The topological polar surface area (TPSA) is 66.4 Å². The summed E-state index contributed by atoms with van der Waals surface area (Å²) < 4.78 is 0. The molecule has 0 aliphatic heterocycles. The number of benzene rings is 1. The summed E-state index contributed by atoms with van der Waals surface area (Å²) in [7, 11) is 0. The van der Waals surface area contributed by atoms with E-state index < -0.39 is 12.0 Å². The Kier molecular flexibility index (Phi) is 5.97. The summed E-state index contributed by atoms with van der Waals surface area (Å²) in [5, 5.41) is 11.6. The third-order valence-corrected chi connectivity index (χ3v) is 3.10. The third-order valence-electron chi connectivity index (χ3n) is 3.10. The van der Waals surface area contributed by atoms with Crippen molar-refractivity contribution in [2.75, 3.05) is 0 Å². The molecular formula is C16H21NO3.